The van der Waals surface area contributed by atoms with E-state index in [0.717, 1.165) is 0 Å². The summed E-state index contributed by atoms with van der Waals surface area (Å²) in [4.78, 5) is 24.1. The molecule has 0 unspecified atom stereocenters. The Morgan fingerprint density at radius 1 is 1.31 bits per heavy atom. The second-order valence-electron chi connectivity index (χ2n) is 4.01. The van der Waals surface area contributed by atoms with Crippen LogP contribution < -0.4 is 0 Å². The van der Waals surface area contributed by atoms with Gasteiger partial charge in [0.2, 0.25) is 5.91 Å². The first-order valence-corrected chi connectivity index (χ1v) is 7.26. The number of Topliss-reactive ketones (excluding diaryl/α,β-unsaturated/α-hetero) is 1. The third kappa shape index (κ3) is 3.92. The fourth-order valence-electron chi connectivity index (χ4n) is 1.67. The van der Waals surface area contributed by atoms with Crippen LogP contribution in [0.3, 0.4) is 0 Å². The highest BCUT2D eigenvalue weighted by atomic mass is 32.2. The van der Waals surface area contributed by atoms with E-state index in [2.05, 4.69) is 0 Å². The zero-order valence-electron chi connectivity index (χ0n) is 9.44. The van der Waals surface area contributed by atoms with Gasteiger partial charge in [-0.25, -0.2) is 8.42 Å². The zero-order valence-corrected chi connectivity index (χ0v) is 10.3. The van der Waals surface area contributed by atoms with Crippen molar-refractivity contribution in [2.75, 3.05) is 24.6 Å². The topological polar surface area (TPSA) is 71.5 Å². The van der Waals surface area contributed by atoms with Crippen LogP contribution in [0.4, 0.5) is 0 Å². The van der Waals surface area contributed by atoms with Gasteiger partial charge in [0.05, 0.1) is 5.75 Å². The van der Waals surface area contributed by atoms with Crippen molar-refractivity contribution in [3.63, 3.8) is 0 Å². The highest BCUT2D eigenvalue weighted by Crippen LogP contribution is 2.07. The second kappa shape index (κ2) is 5.43. The highest BCUT2D eigenvalue weighted by Gasteiger charge is 2.24. The maximum Gasteiger partial charge on any atom is 0.237 e. The molecule has 0 aliphatic carbocycles. The van der Waals surface area contributed by atoms with Crippen LogP contribution in [0, 0.1) is 0 Å². The van der Waals surface area contributed by atoms with E-state index in [0.29, 0.717) is 32.4 Å². The van der Waals surface area contributed by atoms with Crippen molar-refractivity contribution in [1.82, 2.24) is 4.90 Å². The van der Waals surface area contributed by atoms with Gasteiger partial charge in [-0.3, -0.25) is 9.59 Å². The number of carbonyl (C=O) groups is 2. The summed E-state index contributed by atoms with van der Waals surface area (Å²) < 4.78 is 22.9. The Morgan fingerprint density at radius 2 is 1.88 bits per heavy atom. The molecule has 5 nitrogen and oxygen atoms in total. The van der Waals surface area contributed by atoms with Crippen molar-refractivity contribution in [3.05, 3.63) is 0 Å². The normalized spacial score (nSPS) is 17.6. The summed E-state index contributed by atoms with van der Waals surface area (Å²) in [5, 5.41) is 0. The first-order valence-electron chi connectivity index (χ1n) is 5.44. The molecule has 92 valence electrons. The third-order valence-corrected chi connectivity index (χ3v) is 4.25. The molecule has 0 aromatic carbocycles. The number of hydrogen-bond acceptors (Lipinski definition) is 4. The first kappa shape index (κ1) is 13.2. The molecule has 1 fully saturated rings. The summed E-state index contributed by atoms with van der Waals surface area (Å²) in [7, 11) is -3.27. The van der Waals surface area contributed by atoms with Gasteiger partial charge >= 0.3 is 0 Å². The van der Waals surface area contributed by atoms with Crippen molar-refractivity contribution >= 4 is 21.5 Å². The number of sulfone groups is 1. The van der Waals surface area contributed by atoms with Crippen molar-refractivity contribution in [2.45, 2.75) is 26.2 Å². The number of carbonyl (C=O) groups excluding carboxylic acids is 2. The van der Waals surface area contributed by atoms with E-state index in [1.807, 2.05) is 0 Å². The van der Waals surface area contributed by atoms with Gasteiger partial charge in [0.1, 0.15) is 11.5 Å². The zero-order chi connectivity index (χ0) is 12.2. The Hall–Kier alpha value is -0.910. The third-order valence-electron chi connectivity index (χ3n) is 2.53. The molecule has 1 saturated heterocycles. The lowest BCUT2D eigenvalue weighted by Gasteiger charge is -2.25. The molecule has 0 bridgehead atoms. The molecule has 1 aliphatic heterocycles. The van der Waals surface area contributed by atoms with Crippen molar-refractivity contribution in [2.24, 2.45) is 0 Å². The number of nitrogens with zero attached hydrogens (tertiary/aromatic N) is 1. The Balaban J connectivity index is 2.50. The van der Waals surface area contributed by atoms with Gasteiger partial charge in [0, 0.05) is 25.9 Å². The molecular weight excluding hydrogens is 230 g/mol. The molecule has 0 spiro atoms. The molecule has 1 aliphatic rings. The summed E-state index contributed by atoms with van der Waals surface area (Å²) in [5.74, 6) is -0.609. The number of rotatable bonds is 4. The molecule has 1 rings (SSSR count). The number of ketones is 1. The summed E-state index contributed by atoms with van der Waals surface area (Å²) in [6.07, 6.45) is 1.22. The molecule has 0 aromatic rings. The van der Waals surface area contributed by atoms with E-state index in [-0.39, 0.29) is 17.4 Å². The smallest absolute Gasteiger partial charge is 0.237 e. The quantitative estimate of drug-likeness (QED) is 0.701. The maximum absolute atomic E-state index is 11.6. The van der Waals surface area contributed by atoms with Gasteiger partial charge < -0.3 is 4.90 Å². The van der Waals surface area contributed by atoms with Crippen LogP contribution in [-0.2, 0) is 19.4 Å². The number of piperidine rings is 1. The van der Waals surface area contributed by atoms with Gasteiger partial charge in [-0.05, 0) is 6.42 Å². The summed E-state index contributed by atoms with van der Waals surface area (Å²) in [5.41, 5.74) is 0. The van der Waals surface area contributed by atoms with E-state index in [1.54, 1.807) is 6.92 Å². The highest BCUT2D eigenvalue weighted by molar-refractivity contribution is 7.92. The monoisotopic (exact) mass is 247 g/mol. The predicted molar refractivity (Wildman–Crippen MR) is 59.8 cm³/mol. The largest absolute Gasteiger partial charge is 0.341 e. The minimum Gasteiger partial charge on any atom is -0.341 e. The van der Waals surface area contributed by atoms with E-state index >= 15 is 0 Å². The summed E-state index contributed by atoms with van der Waals surface area (Å²) in [6.45, 7) is 2.49. The van der Waals surface area contributed by atoms with Crippen LogP contribution in [0.5, 0.6) is 0 Å². The average Bonchev–Trinajstić information content (AvgIpc) is 2.17. The molecular formula is C10H17NO4S. The van der Waals surface area contributed by atoms with Crippen LogP contribution in [0.2, 0.25) is 0 Å². The standard InChI is InChI=1S/C10H17NO4S/c1-2-7-16(14,15)8-10(13)11-5-3-9(12)4-6-11/h2-8H2,1H3. The molecule has 1 heterocycles. The van der Waals surface area contributed by atoms with Gasteiger partial charge in [-0.2, -0.15) is 0 Å². The SMILES string of the molecule is CCCS(=O)(=O)CC(=O)N1CCC(=O)CC1. The van der Waals surface area contributed by atoms with Gasteiger partial charge in [-0.1, -0.05) is 6.92 Å². The minimum atomic E-state index is -3.27. The van der Waals surface area contributed by atoms with E-state index in [1.165, 1.54) is 4.90 Å². The Morgan fingerprint density at radius 3 is 2.38 bits per heavy atom. The number of amides is 1. The lowest BCUT2D eigenvalue weighted by atomic mass is 10.1. The maximum atomic E-state index is 11.6. The molecule has 1 amide bonds. The van der Waals surface area contributed by atoms with Crippen LogP contribution in [-0.4, -0.2) is 49.6 Å². The Bertz CT molecular complexity index is 364. The Labute approximate surface area is 95.7 Å². The predicted octanol–water partition coefficient (Wildman–Crippen LogP) is 0.00270. The molecule has 0 aromatic heterocycles. The summed E-state index contributed by atoms with van der Waals surface area (Å²) >= 11 is 0. The molecule has 0 N–H and O–H groups in total. The van der Waals surface area contributed by atoms with Crippen molar-refractivity contribution in [1.29, 1.82) is 0 Å². The lowest BCUT2D eigenvalue weighted by molar-refractivity contribution is -0.132. The van der Waals surface area contributed by atoms with Gasteiger partial charge in [-0.15, -0.1) is 0 Å². The van der Waals surface area contributed by atoms with Crippen molar-refractivity contribution in [3.8, 4) is 0 Å². The molecule has 0 atom stereocenters. The van der Waals surface area contributed by atoms with Gasteiger partial charge in [0.25, 0.3) is 0 Å². The lowest BCUT2D eigenvalue weighted by Crippen LogP contribution is -2.41. The minimum absolute atomic E-state index is 0.0471. The van der Waals surface area contributed by atoms with E-state index in [9.17, 15) is 18.0 Å². The van der Waals surface area contributed by atoms with Gasteiger partial charge in [0.15, 0.2) is 9.84 Å². The second-order valence-corrected chi connectivity index (χ2v) is 6.20. The Kier molecular flexibility index (Phi) is 4.46. The van der Waals surface area contributed by atoms with Crippen LogP contribution in [0.15, 0.2) is 0 Å². The average molecular weight is 247 g/mol. The fraction of sp³-hybridized carbons (Fsp3) is 0.800. The van der Waals surface area contributed by atoms with Crippen LogP contribution in [0.1, 0.15) is 26.2 Å². The number of hydrogen-bond donors (Lipinski definition) is 0. The van der Waals surface area contributed by atoms with Crippen LogP contribution >= 0.6 is 0 Å². The molecule has 16 heavy (non-hydrogen) atoms. The molecule has 0 radical (unpaired) electrons. The molecule has 6 heteroatoms. The first-order chi connectivity index (χ1) is 7.44. The van der Waals surface area contributed by atoms with E-state index in [4.69, 9.17) is 0 Å². The van der Waals surface area contributed by atoms with E-state index < -0.39 is 15.6 Å². The number of likely N-dealkylation sites (tertiary alicyclic amines) is 1. The summed E-state index contributed by atoms with van der Waals surface area (Å²) in [6, 6.07) is 0. The fourth-order valence-corrected chi connectivity index (χ4v) is 2.99. The van der Waals surface area contributed by atoms with Crippen molar-refractivity contribution < 1.29 is 18.0 Å². The molecule has 0 saturated carbocycles. The van der Waals surface area contributed by atoms with Crippen LogP contribution in [0.25, 0.3) is 0 Å².